The van der Waals surface area contributed by atoms with E-state index in [1.54, 1.807) is 0 Å². The van der Waals surface area contributed by atoms with Gasteiger partial charge in [-0.3, -0.25) is 9.88 Å². The summed E-state index contributed by atoms with van der Waals surface area (Å²) in [5.74, 6) is 0.836. The van der Waals surface area contributed by atoms with E-state index in [1.165, 1.54) is 24.8 Å². The standard InChI is InChI=1S/C18H26N2O2/c1-2-15(11-19-7-1)10-17-18(22-12-14-3-4-14)5-8-20(17)16-6-9-21-13-16/h1-2,7,11,14,16-18H,3-6,8-10,12-13H2/t16-,17-,18-/m0/s1. The first kappa shape index (κ1) is 14.6. The molecule has 4 nitrogen and oxygen atoms in total. The first-order valence-electron chi connectivity index (χ1n) is 8.74. The molecule has 0 radical (unpaired) electrons. The van der Waals surface area contributed by atoms with Crippen molar-refractivity contribution in [1.82, 2.24) is 9.88 Å². The Labute approximate surface area is 132 Å². The zero-order valence-electron chi connectivity index (χ0n) is 13.2. The topological polar surface area (TPSA) is 34.6 Å². The quantitative estimate of drug-likeness (QED) is 0.807. The Morgan fingerprint density at radius 1 is 1.27 bits per heavy atom. The molecule has 0 N–H and O–H groups in total. The molecule has 0 aromatic carbocycles. The number of aromatic nitrogens is 1. The highest BCUT2D eigenvalue weighted by Gasteiger charge is 2.40. The van der Waals surface area contributed by atoms with Crippen molar-refractivity contribution in [2.45, 2.75) is 50.3 Å². The molecule has 1 aromatic heterocycles. The summed E-state index contributed by atoms with van der Waals surface area (Å²) in [5.41, 5.74) is 1.32. The van der Waals surface area contributed by atoms with Gasteiger partial charge < -0.3 is 9.47 Å². The number of likely N-dealkylation sites (tertiary alicyclic amines) is 1. The Hall–Kier alpha value is -0.970. The van der Waals surface area contributed by atoms with E-state index in [2.05, 4.69) is 16.0 Å². The second kappa shape index (κ2) is 6.65. The fourth-order valence-corrected chi connectivity index (χ4v) is 3.83. The van der Waals surface area contributed by atoms with Crippen molar-refractivity contribution >= 4 is 0 Å². The van der Waals surface area contributed by atoms with Gasteiger partial charge in [0.1, 0.15) is 0 Å². The van der Waals surface area contributed by atoms with Gasteiger partial charge in [0.15, 0.2) is 0 Å². The molecule has 1 aromatic rings. The van der Waals surface area contributed by atoms with E-state index in [9.17, 15) is 0 Å². The molecule has 0 amide bonds. The molecule has 0 bridgehead atoms. The van der Waals surface area contributed by atoms with Crippen LogP contribution < -0.4 is 0 Å². The molecule has 0 spiro atoms. The van der Waals surface area contributed by atoms with E-state index < -0.39 is 0 Å². The zero-order chi connectivity index (χ0) is 14.8. The number of ether oxygens (including phenoxy) is 2. The summed E-state index contributed by atoms with van der Waals surface area (Å²) < 4.78 is 11.9. The summed E-state index contributed by atoms with van der Waals surface area (Å²) in [6, 6.07) is 5.28. The Balaban J connectivity index is 1.45. The summed E-state index contributed by atoms with van der Waals surface area (Å²) >= 11 is 0. The van der Waals surface area contributed by atoms with Gasteiger partial charge in [0.05, 0.1) is 12.7 Å². The van der Waals surface area contributed by atoms with Crippen LogP contribution >= 0.6 is 0 Å². The first-order chi connectivity index (χ1) is 10.9. The number of hydrogen-bond donors (Lipinski definition) is 0. The Morgan fingerprint density at radius 3 is 2.95 bits per heavy atom. The molecule has 3 fully saturated rings. The molecular weight excluding hydrogens is 276 g/mol. The predicted molar refractivity (Wildman–Crippen MR) is 84.7 cm³/mol. The van der Waals surface area contributed by atoms with Gasteiger partial charge in [-0.2, -0.15) is 0 Å². The van der Waals surface area contributed by atoms with Crippen molar-refractivity contribution in [2.24, 2.45) is 5.92 Å². The van der Waals surface area contributed by atoms with Crippen molar-refractivity contribution in [1.29, 1.82) is 0 Å². The van der Waals surface area contributed by atoms with Crippen LogP contribution in [0.2, 0.25) is 0 Å². The van der Waals surface area contributed by atoms with Gasteiger partial charge in [0.25, 0.3) is 0 Å². The number of nitrogens with zero attached hydrogens (tertiary/aromatic N) is 2. The third-order valence-electron chi connectivity index (χ3n) is 5.31. The lowest BCUT2D eigenvalue weighted by Gasteiger charge is -2.32. The van der Waals surface area contributed by atoms with Crippen LogP contribution in [0.3, 0.4) is 0 Å². The highest BCUT2D eigenvalue weighted by atomic mass is 16.5. The lowest BCUT2D eigenvalue weighted by molar-refractivity contribution is 0.0122. The fourth-order valence-electron chi connectivity index (χ4n) is 3.83. The Morgan fingerprint density at radius 2 is 2.23 bits per heavy atom. The molecular formula is C18H26N2O2. The van der Waals surface area contributed by atoms with Gasteiger partial charge in [-0.05, 0) is 49.7 Å². The van der Waals surface area contributed by atoms with Crippen LogP contribution in [-0.2, 0) is 15.9 Å². The second-order valence-corrected chi connectivity index (χ2v) is 6.99. The Bertz CT molecular complexity index is 471. The minimum Gasteiger partial charge on any atom is -0.380 e. The van der Waals surface area contributed by atoms with Crippen LogP contribution in [-0.4, -0.2) is 54.4 Å². The van der Waals surface area contributed by atoms with E-state index in [1.807, 2.05) is 18.5 Å². The predicted octanol–water partition coefficient (Wildman–Crippen LogP) is 2.28. The summed E-state index contributed by atoms with van der Waals surface area (Å²) in [7, 11) is 0. The average Bonchev–Trinajstić information content (AvgIpc) is 3.07. The smallest absolute Gasteiger partial charge is 0.0745 e. The van der Waals surface area contributed by atoms with E-state index in [-0.39, 0.29) is 0 Å². The molecule has 3 aliphatic rings. The van der Waals surface area contributed by atoms with Gasteiger partial charge >= 0.3 is 0 Å². The molecule has 1 saturated carbocycles. The maximum atomic E-state index is 6.30. The molecule has 3 heterocycles. The summed E-state index contributed by atoms with van der Waals surface area (Å²) in [6.07, 6.45) is 10.3. The monoisotopic (exact) mass is 302 g/mol. The van der Waals surface area contributed by atoms with Crippen LogP contribution in [0, 0.1) is 5.92 Å². The van der Waals surface area contributed by atoms with Gasteiger partial charge in [-0.25, -0.2) is 0 Å². The van der Waals surface area contributed by atoms with Crippen molar-refractivity contribution in [2.75, 3.05) is 26.4 Å². The first-order valence-corrected chi connectivity index (χ1v) is 8.74. The lowest BCUT2D eigenvalue weighted by Crippen LogP contribution is -2.44. The van der Waals surface area contributed by atoms with Crippen LogP contribution in [0.25, 0.3) is 0 Å². The second-order valence-electron chi connectivity index (χ2n) is 6.99. The van der Waals surface area contributed by atoms with Gasteiger partial charge in [0, 0.05) is 44.2 Å². The molecule has 1 aliphatic carbocycles. The van der Waals surface area contributed by atoms with E-state index in [0.717, 1.165) is 45.1 Å². The van der Waals surface area contributed by atoms with Crippen LogP contribution in [0.15, 0.2) is 24.5 Å². The highest BCUT2D eigenvalue weighted by molar-refractivity contribution is 5.12. The largest absolute Gasteiger partial charge is 0.380 e. The zero-order valence-corrected chi connectivity index (χ0v) is 13.2. The molecule has 3 atom stereocenters. The highest BCUT2D eigenvalue weighted by Crippen LogP contribution is 2.33. The summed E-state index contributed by atoms with van der Waals surface area (Å²) in [6.45, 7) is 3.91. The molecule has 2 saturated heterocycles. The maximum Gasteiger partial charge on any atom is 0.0745 e. The van der Waals surface area contributed by atoms with Crippen molar-refractivity contribution in [3.05, 3.63) is 30.1 Å². The summed E-state index contributed by atoms with van der Waals surface area (Å²) in [4.78, 5) is 6.92. The van der Waals surface area contributed by atoms with Crippen molar-refractivity contribution in [3.8, 4) is 0 Å². The van der Waals surface area contributed by atoms with Gasteiger partial charge in [-0.15, -0.1) is 0 Å². The normalized spacial score (nSPS) is 32.6. The third kappa shape index (κ3) is 3.34. The SMILES string of the molecule is c1cncc(C[C@H]2[C@@H](OCC3CC3)CCN2[C@H]2CCOC2)c1. The molecule has 120 valence electrons. The molecule has 22 heavy (non-hydrogen) atoms. The maximum absolute atomic E-state index is 6.30. The van der Waals surface area contributed by atoms with Crippen LogP contribution in [0.5, 0.6) is 0 Å². The molecule has 2 aliphatic heterocycles. The molecule has 4 heteroatoms. The van der Waals surface area contributed by atoms with Gasteiger partial charge in [-0.1, -0.05) is 6.07 Å². The Kier molecular flexibility index (Phi) is 4.42. The molecule has 4 rings (SSSR count). The lowest BCUT2D eigenvalue weighted by atomic mass is 10.0. The van der Waals surface area contributed by atoms with Gasteiger partial charge in [0.2, 0.25) is 0 Å². The average molecular weight is 302 g/mol. The number of pyridine rings is 1. The van der Waals surface area contributed by atoms with Crippen molar-refractivity contribution in [3.63, 3.8) is 0 Å². The number of rotatable bonds is 6. The number of hydrogen-bond acceptors (Lipinski definition) is 4. The van der Waals surface area contributed by atoms with E-state index >= 15 is 0 Å². The van der Waals surface area contributed by atoms with Crippen LogP contribution in [0.4, 0.5) is 0 Å². The molecule has 0 unspecified atom stereocenters. The van der Waals surface area contributed by atoms with Crippen molar-refractivity contribution < 1.29 is 9.47 Å². The minimum atomic E-state index is 0.376. The minimum absolute atomic E-state index is 0.376. The third-order valence-corrected chi connectivity index (χ3v) is 5.31. The van der Waals surface area contributed by atoms with Crippen LogP contribution in [0.1, 0.15) is 31.2 Å². The van der Waals surface area contributed by atoms with E-state index in [4.69, 9.17) is 9.47 Å². The van der Waals surface area contributed by atoms with E-state index in [0.29, 0.717) is 18.2 Å². The fraction of sp³-hybridized carbons (Fsp3) is 0.722. The summed E-state index contributed by atoms with van der Waals surface area (Å²) in [5, 5.41) is 0.